The maximum Gasteiger partial charge on any atom is 0.368 e. The van der Waals surface area contributed by atoms with Crippen LogP contribution in [0, 0.1) is 0 Å². The van der Waals surface area contributed by atoms with Crippen LogP contribution < -0.4 is 30.4 Å². The fraction of sp³-hybridized carbons (Fsp3) is 0. The molecule has 7 heteroatoms. The monoisotopic (exact) mass is 256 g/mol. The van der Waals surface area contributed by atoms with Crippen molar-refractivity contribution in [1.82, 2.24) is 0 Å². The Hall–Kier alpha value is 3.21. The number of hydrogen-bond acceptors (Lipinski definition) is 4. The zero-order valence-electron chi connectivity index (χ0n) is 2.05. The van der Waals surface area contributed by atoms with Gasteiger partial charge < -0.3 is 0 Å². The van der Waals surface area contributed by atoms with Crippen LogP contribution in [0.2, 0.25) is 0 Å². The predicted molar refractivity (Wildman–Crippen MR) is 16.5 cm³/mol. The summed E-state index contributed by atoms with van der Waals surface area (Å²) in [6, 6.07) is 0. The molecule has 0 aromatic heterocycles. The van der Waals surface area contributed by atoms with Gasteiger partial charge in [-0.3, -0.25) is 10.3 Å². The summed E-state index contributed by atoms with van der Waals surface area (Å²) in [6.45, 7) is 0. The first-order valence-corrected chi connectivity index (χ1v) is 4.24. The molecule has 0 saturated heterocycles. The molecule has 0 aromatic rings. The van der Waals surface area contributed by atoms with Crippen LogP contribution in [0.5, 0.6) is 0 Å². The van der Waals surface area contributed by atoms with E-state index in [1.807, 2.05) is 0 Å². The Morgan fingerprint density at radius 1 is 1.14 bits per heavy atom. The standard InChI is InChI=1S/HIO4.K.Na.2H/c2-1(3,4)5;;;;/h2H;;;;. The summed E-state index contributed by atoms with van der Waals surface area (Å²) in [6.07, 6.45) is 0. The van der Waals surface area contributed by atoms with Crippen LogP contribution >= 0.6 is 0 Å². The third-order valence-electron chi connectivity index (χ3n) is 0. The molecule has 0 amide bonds. The molecule has 0 spiro atoms. The van der Waals surface area contributed by atoms with E-state index < -0.39 is 20.1 Å². The van der Waals surface area contributed by atoms with Gasteiger partial charge in [-0.05, 0) is 0 Å². The summed E-state index contributed by atoms with van der Waals surface area (Å²) in [5, 5.41) is 0. The van der Waals surface area contributed by atoms with Crippen LogP contribution in [0.1, 0.15) is 0 Å². The smallest absolute Gasteiger partial charge is 0.256 e. The Morgan fingerprint density at radius 3 is 1.14 bits per heavy atom. The zero-order valence-corrected chi connectivity index (χ0v) is 4.21. The zero-order chi connectivity index (χ0) is 4.50. The van der Waals surface area contributed by atoms with E-state index in [1.54, 1.807) is 0 Å². The molecule has 0 bridgehead atoms. The van der Waals surface area contributed by atoms with Crippen molar-refractivity contribution in [3.63, 3.8) is 0 Å². The van der Waals surface area contributed by atoms with Crippen LogP contribution in [0.4, 0.5) is 0 Å². The summed E-state index contributed by atoms with van der Waals surface area (Å²) in [5.41, 5.74) is 0. The fourth-order valence-corrected chi connectivity index (χ4v) is 0. The SMILES string of the molecule is [KH].[NaH].[O-][I+3]([O-])([O-])O. The summed E-state index contributed by atoms with van der Waals surface area (Å²) in [5.74, 6) is 0. The molecule has 7 heavy (non-hydrogen) atoms. The molecule has 0 fully saturated rings. The molecule has 1 N–H and O–H groups in total. The van der Waals surface area contributed by atoms with Crippen molar-refractivity contribution in [1.29, 1.82) is 0 Å². The van der Waals surface area contributed by atoms with Crippen molar-refractivity contribution in [2.24, 2.45) is 0 Å². The average Bonchev–Trinajstić information content (AvgIpc) is 0.722. The van der Waals surface area contributed by atoms with Crippen molar-refractivity contribution >= 4 is 80.9 Å². The van der Waals surface area contributed by atoms with Crippen molar-refractivity contribution in [3.05, 3.63) is 0 Å². The minimum atomic E-state index is -5.69. The Morgan fingerprint density at radius 2 is 1.14 bits per heavy atom. The molecule has 0 unspecified atom stereocenters. The van der Waals surface area contributed by atoms with Gasteiger partial charge in [0.2, 0.25) is 0 Å². The second kappa shape index (κ2) is 7.31. The first kappa shape index (κ1) is 16.7. The van der Waals surface area contributed by atoms with E-state index in [9.17, 15) is 0 Å². The first-order valence-electron chi connectivity index (χ1n) is 0.632. The van der Waals surface area contributed by atoms with Crippen LogP contribution in [0.25, 0.3) is 0 Å². The second-order valence-electron chi connectivity index (χ2n) is 0.396. The first-order chi connectivity index (χ1) is 2.00. The van der Waals surface area contributed by atoms with Gasteiger partial charge in [0.25, 0.3) is 0 Å². The maximum atomic E-state index is 8.73. The van der Waals surface area contributed by atoms with Gasteiger partial charge in [0, 0.05) is 3.44 Å². The third kappa shape index (κ3) is 46.5. The summed E-state index contributed by atoms with van der Waals surface area (Å²) in [7, 11) is 0. The van der Waals surface area contributed by atoms with Gasteiger partial charge in [0.1, 0.15) is 0 Å². The molecule has 0 aliphatic rings. The molecule has 4 nitrogen and oxygen atoms in total. The molecular weight excluding hydrogens is 253 g/mol. The van der Waals surface area contributed by atoms with Gasteiger partial charge in [-0.1, -0.05) is 0 Å². The van der Waals surface area contributed by atoms with E-state index in [-0.39, 0.29) is 80.9 Å². The molecule has 0 rings (SSSR count). The molecule has 0 aliphatic heterocycles. The normalized spacial score (nSPS) is 8.57. The minimum Gasteiger partial charge on any atom is -0.256 e. The molecule has 0 aliphatic carbocycles. The van der Waals surface area contributed by atoms with E-state index in [0.29, 0.717) is 0 Å². The molecular formula is H3IKNaO4. The van der Waals surface area contributed by atoms with Crippen molar-refractivity contribution in [2.45, 2.75) is 0 Å². The Labute approximate surface area is 112 Å². The van der Waals surface area contributed by atoms with Gasteiger partial charge in [-0.25, -0.2) is 0 Å². The summed E-state index contributed by atoms with van der Waals surface area (Å²) in [4.78, 5) is 0. The van der Waals surface area contributed by atoms with Gasteiger partial charge in [-0.15, -0.1) is 0 Å². The quantitative estimate of drug-likeness (QED) is 0.344. The van der Waals surface area contributed by atoms with Gasteiger partial charge in [0.05, 0.1) is 0 Å². The molecule has 0 atom stereocenters. The largest absolute Gasteiger partial charge is 0.368 e. The van der Waals surface area contributed by atoms with Crippen LogP contribution in [-0.2, 0) is 0 Å². The van der Waals surface area contributed by atoms with Crippen LogP contribution in [-0.4, -0.2) is 84.4 Å². The Balaban J connectivity index is -0.0000000800. The van der Waals surface area contributed by atoms with Crippen molar-refractivity contribution in [2.75, 3.05) is 0 Å². The second-order valence-corrected chi connectivity index (χ2v) is 2.66. The molecule has 0 saturated carbocycles. The number of halogens is 1. The average molecular weight is 256 g/mol. The fourth-order valence-electron chi connectivity index (χ4n) is 0. The van der Waals surface area contributed by atoms with Crippen molar-refractivity contribution in [3.8, 4) is 0 Å². The van der Waals surface area contributed by atoms with Crippen molar-refractivity contribution < 1.29 is 33.8 Å². The summed E-state index contributed by atoms with van der Waals surface area (Å²) >= 11 is -5.69. The van der Waals surface area contributed by atoms with E-state index in [4.69, 9.17) is 13.7 Å². The topological polar surface area (TPSA) is 89.4 Å². The molecule has 36 valence electrons. The van der Waals surface area contributed by atoms with Gasteiger partial charge >= 0.3 is 101 Å². The van der Waals surface area contributed by atoms with Crippen LogP contribution in [0.15, 0.2) is 0 Å². The Kier molecular flexibility index (Phi) is 17.4. The predicted octanol–water partition coefficient (Wildman–Crippen LogP) is -8.42. The maximum absolute atomic E-state index is 8.73. The third-order valence-corrected chi connectivity index (χ3v) is 0. The van der Waals surface area contributed by atoms with E-state index in [1.165, 1.54) is 0 Å². The molecule has 0 heterocycles. The minimum absolute atomic E-state index is 0. The number of hydrogen-bond donors (Lipinski definition) is 1. The van der Waals surface area contributed by atoms with Gasteiger partial charge in [0.15, 0.2) is 0 Å². The number of rotatable bonds is 0. The Bertz CT molecular complexity index is 27.2. The molecule has 0 radical (unpaired) electrons. The van der Waals surface area contributed by atoms with Crippen LogP contribution in [0.3, 0.4) is 0 Å². The van der Waals surface area contributed by atoms with E-state index in [2.05, 4.69) is 0 Å². The van der Waals surface area contributed by atoms with Gasteiger partial charge in [-0.2, -0.15) is 0 Å². The summed E-state index contributed by atoms with van der Waals surface area (Å²) < 4.78 is 33.2. The van der Waals surface area contributed by atoms with E-state index in [0.717, 1.165) is 0 Å². The molecule has 0 aromatic carbocycles. The van der Waals surface area contributed by atoms with E-state index >= 15 is 0 Å².